The summed E-state index contributed by atoms with van der Waals surface area (Å²) in [5.74, 6) is 6.15. The minimum atomic E-state index is -0.497. The topological polar surface area (TPSA) is 119 Å². The van der Waals surface area contributed by atoms with Crippen LogP contribution in [0.4, 0.5) is 17.5 Å². The molecule has 0 amide bonds. The summed E-state index contributed by atoms with van der Waals surface area (Å²) in [5.41, 5.74) is 2.16. The maximum absolute atomic E-state index is 10.9. The first kappa shape index (κ1) is 13.5. The van der Waals surface area contributed by atoms with Crippen molar-refractivity contribution in [2.75, 3.05) is 17.3 Å². The van der Waals surface area contributed by atoms with Crippen molar-refractivity contribution in [3.8, 4) is 0 Å². The van der Waals surface area contributed by atoms with Crippen molar-refractivity contribution in [2.45, 2.75) is 32.1 Å². The summed E-state index contributed by atoms with van der Waals surface area (Å²) in [6.07, 6.45) is 7.22. The molecule has 19 heavy (non-hydrogen) atoms. The van der Waals surface area contributed by atoms with Gasteiger partial charge in [-0.15, -0.1) is 0 Å². The lowest BCUT2D eigenvalue weighted by molar-refractivity contribution is -0.384. The predicted molar refractivity (Wildman–Crippen MR) is 71.6 cm³/mol. The van der Waals surface area contributed by atoms with E-state index in [9.17, 15) is 10.1 Å². The van der Waals surface area contributed by atoms with Crippen LogP contribution in [0.15, 0.2) is 6.20 Å². The minimum absolute atomic E-state index is 0.130. The van der Waals surface area contributed by atoms with E-state index in [1.807, 2.05) is 0 Å². The fourth-order valence-corrected chi connectivity index (χ4v) is 2.34. The summed E-state index contributed by atoms with van der Waals surface area (Å²) in [6, 6.07) is 0. The van der Waals surface area contributed by atoms with Crippen LogP contribution in [0, 0.1) is 16.0 Å². The number of nitrogen functional groups attached to an aromatic ring is 1. The summed E-state index contributed by atoms with van der Waals surface area (Å²) >= 11 is 0. The number of nitro groups is 1. The number of nitrogens with one attached hydrogen (secondary N) is 2. The van der Waals surface area contributed by atoms with Gasteiger partial charge in [0.25, 0.3) is 0 Å². The number of hydrazine groups is 1. The van der Waals surface area contributed by atoms with Crippen LogP contribution in [0.2, 0.25) is 0 Å². The zero-order valence-corrected chi connectivity index (χ0v) is 10.6. The van der Waals surface area contributed by atoms with E-state index in [0.29, 0.717) is 12.5 Å². The molecular formula is C11H18N6O2. The molecule has 1 aromatic heterocycles. The quantitative estimate of drug-likeness (QED) is 0.421. The van der Waals surface area contributed by atoms with Gasteiger partial charge in [-0.2, -0.15) is 4.98 Å². The van der Waals surface area contributed by atoms with Crippen LogP contribution in [0.3, 0.4) is 0 Å². The summed E-state index contributed by atoms with van der Waals surface area (Å²) < 4.78 is 0. The molecule has 0 bridgehead atoms. The standard InChI is InChI=1S/C11H18N6O2/c12-16-11-14-7-9(17(18)19)10(15-11)13-6-8-4-2-1-3-5-8/h7-8H,1-6,12H2,(H2,13,14,15,16). The first-order valence-electron chi connectivity index (χ1n) is 6.42. The Bertz CT molecular complexity index is 447. The second-order valence-corrected chi connectivity index (χ2v) is 4.71. The molecule has 1 aliphatic carbocycles. The highest BCUT2D eigenvalue weighted by Crippen LogP contribution is 2.26. The van der Waals surface area contributed by atoms with Gasteiger partial charge in [-0.1, -0.05) is 19.3 Å². The highest BCUT2D eigenvalue weighted by Gasteiger charge is 2.19. The number of anilines is 2. The van der Waals surface area contributed by atoms with Crippen LogP contribution in [0.25, 0.3) is 0 Å². The van der Waals surface area contributed by atoms with Crippen molar-refractivity contribution in [3.63, 3.8) is 0 Å². The second-order valence-electron chi connectivity index (χ2n) is 4.71. The molecule has 2 rings (SSSR count). The Kier molecular flexibility index (Phi) is 4.45. The van der Waals surface area contributed by atoms with Crippen LogP contribution in [0.5, 0.6) is 0 Å². The molecule has 0 unspecified atom stereocenters. The Morgan fingerprint density at radius 3 is 2.79 bits per heavy atom. The number of rotatable bonds is 5. The van der Waals surface area contributed by atoms with Crippen molar-refractivity contribution in [1.82, 2.24) is 9.97 Å². The van der Waals surface area contributed by atoms with Gasteiger partial charge < -0.3 is 5.32 Å². The van der Waals surface area contributed by atoms with Gasteiger partial charge in [-0.05, 0) is 18.8 Å². The molecule has 0 atom stereocenters. The molecule has 0 spiro atoms. The molecule has 4 N–H and O–H groups in total. The van der Waals surface area contributed by atoms with E-state index in [-0.39, 0.29) is 17.5 Å². The Hall–Kier alpha value is -1.96. The van der Waals surface area contributed by atoms with Crippen LogP contribution < -0.4 is 16.6 Å². The fourth-order valence-electron chi connectivity index (χ4n) is 2.34. The third-order valence-electron chi connectivity index (χ3n) is 3.38. The maximum atomic E-state index is 10.9. The van der Waals surface area contributed by atoms with E-state index in [4.69, 9.17) is 5.84 Å². The first-order chi connectivity index (χ1) is 9.20. The molecule has 8 nitrogen and oxygen atoms in total. The average Bonchev–Trinajstić information content (AvgIpc) is 2.45. The minimum Gasteiger partial charge on any atom is -0.364 e. The maximum Gasteiger partial charge on any atom is 0.329 e. The SMILES string of the molecule is NNc1ncc([N+](=O)[O-])c(NCC2CCCCC2)n1. The van der Waals surface area contributed by atoms with E-state index < -0.39 is 4.92 Å². The third kappa shape index (κ3) is 3.50. The number of aromatic nitrogens is 2. The van der Waals surface area contributed by atoms with Gasteiger partial charge in [0.15, 0.2) is 0 Å². The van der Waals surface area contributed by atoms with Gasteiger partial charge in [0.05, 0.1) is 4.92 Å². The largest absolute Gasteiger partial charge is 0.364 e. The number of hydrogen-bond acceptors (Lipinski definition) is 7. The molecular weight excluding hydrogens is 248 g/mol. The molecule has 0 aliphatic heterocycles. The summed E-state index contributed by atoms with van der Waals surface area (Å²) in [5, 5.41) is 14.0. The molecule has 1 heterocycles. The van der Waals surface area contributed by atoms with Gasteiger partial charge in [0.1, 0.15) is 6.20 Å². The van der Waals surface area contributed by atoms with Gasteiger partial charge in [-0.25, -0.2) is 10.8 Å². The van der Waals surface area contributed by atoms with Gasteiger partial charge in [-0.3, -0.25) is 15.5 Å². The van der Waals surface area contributed by atoms with Crippen LogP contribution in [-0.2, 0) is 0 Å². The predicted octanol–water partition coefficient (Wildman–Crippen LogP) is 1.66. The van der Waals surface area contributed by atoms with Crippen molar-refractivity contribution >= 4 is 17.5 Å². The summed E-state index contributed by atoms with van der Waals surface area (Å²) in [6.45, 7) is 0.696. The van der Waals surface area contributed by atoms with E-state index in [2.05, 4.69) is 20.7 Å². The molecule has 8 heteroatoms. The second kappa shape index (κ2) is 6.28. The summed E-state index contributed by atoms with van der Waals surface area (Å²) in [7, 11) is 0. The van der Waals surface area contributed by atoms with Crippen molar-refractivity contribution in [3.05, 3.63) is 16.3 Å². The molecule has 1 saturated carbocycles. The Morgan fingerprint density at radius 2 is 2.16 bits per heavy atom. The average molecular weight is 266 g/mol. The van der Waals surface area contributed by atoms with Crippen molar-refractivity contribution in [1.29, 1.82) is 0 Å². The lowest BCUT2D eigenvalue weighted by Gasteiger charge is -2.21. The molecule has 1 aromatic rings. The Morgan fingerprint density at radius 1 is 1.42 bits per heavy atom. The zero-order chi connectivity index (χ0) is 13.7. The summed E-state index contributed by atoms with van der Waals surface area (Å²) in [4.78, 5) is 18.2. The molecule has 0 aromatic carbocycles. The third-order valence-corrected chi connectivity index (χ3v) is 3.38. The molecule has 0 saturated heterocycles. The number of nitrogens with two attached hydrogens (primary N) is 1. The lowest BCUT2D eigenvalue weighted by atomic mass is 9.89. The highest BCUT2D eigenvalue weighted by molar-refractivity contribution is 5.56. The Balaban J connectivity index is 2.06. The lowest BCUT2D eigenvalue weighted by Crippen LogP contribution is -2.19. The van der Waals surface area contributed by atoms with Crippen molar-refractivity contribution < 1.29 is 4.92 Å². The van der Waals surface area contributed by atoms with Crippen LogP contribution >= 0.6 is 0 Å². The monoisotopic (exact) mass is 266 g/mol. The van der Waals surface area contributed by atoms with Gasteiger partial charge >= 0.3 is 5.69 Å². The first-order valence-corrected chi connectivity index (χ1v) is 6.42. The van der Waals surface area contributed by atoms with E-state index in [1.54, 1.807) is 0 Å². The number of hydrogen-bond donors (Lipinski definition) is 3. The van der Waals surface area contributed by atoms with Gasteiger partial charge in [0.2, 0.25) is 11.8 Å². The zero-order valence-electron chi connectivity index (χ0n) is 10.6. The van der Waals surface area contributed by atoms with E-state index in [0.717, 1.165) is 19.0 Å². The molecule has 0 radical (unpaired) electrons. The van der Waals surface area contributed by atoms with E-state index in [1.165, 1.54) is 19.3 Å². The molecule has 104 valence electrons. The normalized spacial score (nSPS) is 16.1. The fraction of sp³-hybridized carbons (Fsp3) is 0.636. The highest BCUT2D eigenvalue weighted by atomic mass is 16.6. The van der Waals surface area contributed by atoms with Crippen LogP contribution in [-0.4, -0.2) is 21.4 Å². The smallest absolute Gasteiger partial charge is 0.329 e. The number of nitrogens with zero attached hydrogens (tertiary/aromatic N) is 3. The van der Waals surface area contributed by atoms with E-state index >= 15 is 0 Å². The molecule has 1 fully saturated rings. The Labute approximate surface area is 110 Å². The van der Waals surface area contributed by atoms with Crippen LogP contribution in [0.1, 0.15) is 32.1 Å². The molecule has 1 aliphatic rings. The van der Waals surface area contributed by atoms with Gasteiger partial charge in [0, 0.05) is 6.54 Å². The van der Waals surface area contributed by atoms with Crippen molar-refractivity contribution in [2.24, 2.45) is 11.8 Å².